The molecule has 2 unspecified atom stereocenters. The summed E-state index contributed by atoms with van der Waals surface area (Å²) in [6.07, 6.45) is 11.5. The van der Waals surface area contributed by atoms with Crippen LogP contribution in [0, 0.1) is 5.92 Å². The molecular weight excluding hydrogens is 532 g/mol. The lowest BCUT2D eigenvalue weighted by atomic mass is 9.88. The molecule has 2 aliphatic carbocycles. The van der Waals surface area contributed by atoms with Gasteiger partial charge in [0.05, 0.1) is 16.6 Å². The number of para-hydroxylation sites is 2. The highest BCUT2D eigenvalue weighted by Gasteiger charge is 2.24. The van der Waals surface area contributed by atoms with Gasteiger partial charge in [-0.15, -0.1) is 0 Å². The predicted molar refractivity (Wildman–Crippen MR) is 187 cm³/mol. The van der Waals surface area contributed by atoms with Crippen LogP contribution in [-0.4, -0.2) is 9.13 Å². The molecule has 2 heterocycles. The molecule has 0 fully saturated rings. The Bertz CT molecular complexity index is 2270. The molecule has 0 N–H and O–H groups in total. The number of hydrogen-bond donors (Lipinski definition) is 0. The molecule has 0 spiro atoms. The first kappa shape index (κ1) is 25.4. The molecule has 7 aromatic rings. The smallest absolute Gasteiger partial charge is 0.0541 e. The van der Waals surface area contributed by atoms with E-state index in [2.05, 4.69) is 156 Å². The fourth-order valence-electron chi connectivity index (χ4n) is 7.74. The Morgan fingerprint density at radius 3 is 2.14 bits per heavy atom. The molecule has 44 heavy (non-hydrogen) atoms. The molecule has 2 nitrogen and oxygen atoms in total. The van der Waals surface area contributed by atoms with Crippen LogP contribution in [0.4, 0.5) is 0 Å². The van der Waals surface area contributed by atoms with Crippen LogP contribution in [0.2, 0.25) is 0 Å². The standard InChI is InChI=1S/C42H34N2/c1-27-17-18-29-19-20-31(24-32(29)23-27)30-10-8-11-33(25-30)44-41-22-21-34(26-38(41)37-14-7-9-28(2)42(37)44)43-39-15-5-3-12-35(39)36-13-4-6-16-40(36)43/h3-8,10-22,24-28H,9,23H2,1-2H3. The molecule has 0 radical (unpaired) electrons. The van der Waals surface area contributed by atoms with Crippen molar-refractivity contribution in [2.75, 3.05) is 0 Å². The molecule has 5 aromatic carbocycles. The van der Waals surface area contributed by atoms with E-state index in [9.17, 15) is 0 Å². The molecule has 0 bridgehead atoms. The molecule has 2 atom stereocenters. The van der Waals surface area contributed by atoms with Gasteiger partial charge in [0, 0.05) is 44.7 Å². The topological polar surface area (TPSA) is 9.86 Å². The fraction of sp³-hybridized carbons (Fsp3) is 0.143. The van der Waals surface area contributed by atoms with Crippen LogP contribution in [0.25, 0.3) is 67.4 Å². The summed E-state index contributed by atoms with van der Waals surface area (Å²) in [5.74, 6) is 1.02. The van der Waals surface area contributed by atoms with Crippen molar-refractivity contribution >= 4 is 44.9 Å². The van der Waals surface area contributed by atoms with E-state index in [1.807, 2.05) is 0 Å². The molecule has 212 valence electrons. The van der Waals surface area contributed by atoms with Gasteiger partial charge >= 0.3 is 0 Å². The average Bonchev–Trinajstić information content (AvgIpc) is 3.58. The number of benzene rings is 5. The summed E-state index contributed by atoms with van der Waals surface area (Å²) in [5.41, 5.74) is 14.3. The summed E-state index contributed by atoms with van der Waals surface area (Å²) in [6.45, 7) is 4.67. The van der Waals surface area contributed by atoms with Crippen molar-refractivity contribution in [2.45, 2.75) is 32.6 Å². The summed E-state index contributed by atoms with van der Waals surface area (Å²) in [6, 6.07) is 40.7. The number of hydrogen-bond acceptors (Lipinski definition) is 0. The second kappa shape index (κ2) is 9.72. The number of allylic oxidation sites excluding steroid dienone is 2. The summed E-state index contributed by atoms with van der Waals surface area (Å²) >= 11 is 0. The molecule has 0 aliphatic heterocycles. The molecule has 2 aliphatic rings. The third-order valence-electron chi connectivity index (χ3n) is 9.83. The Balaban J connectivity index is 1.24. The average molecular weight is 567 g/mol. The van der Waals surface area contributed by atoms with Crippen molar-refractivity contribution in [3.8, 4) is 22.5 Å². The SMILES string of the molecule is CC1C=Cc2ccc(-c3cccc(-n4c5c(c6cc(-n7c8ccccc8c8ccccc87)ccc64)C=CCC5C)c3)cc2C1. The van der Waals surface area contributed by atoms with Crippen molar-refractivity contribution in [1.82, 2.24) is 9.13 Å². The highest BCUT2D eigenvalue weighted by Crippen LogP contribution is 2.42. The van der Waals surface area contributed by atoms with E-state index in [-0.39, 0.29) is 0 Å². The Hall–Kier alpha value is -5.08. The van der Waals surface area contributed by atoms with Crippen LogP contribution in [0.1, 0.15) is 48.6 Å². The van der Waals surface area contributed by atoms with Gasteiger partial charge in [-0.3, -0.25) is 0 Å². The van der Waals surface area contributed by atoms with E-state index in [0.29, 0.717) is 11.8 Å². The van der Waals surface area contributed by atoms with E-state index < -0.39 is 0 Å². The number of rotatable bonds is 3. The molecule has 2 heteroatoms. The molecule has 0 saturated carbocycles. The Labute approximate surface area is 258 Å². The maximum absolute atomic E-state index is 2.53. The van der Waals surface area contributed by atoms with Crippen LogP contribution in [0.3, 0.4) is 0 Å². The fourth-order valence-corrected chi connectivity index (χ4v) is 7.74. The zero-order valence-corrected chi connectivity index (χ0v) is 25.2. The monoisotopic (exact) mass is 566 g/mol. The van der Waals surface area contributed by atoms with Gasteiger partial charge < -0.3 is 9.13 Å². The van der Waals surface area contributed by atoms with Crippen molar-refractivity contribution in [1.29, 1.82) is 0 Å². The van der Waals surface area contributed by atoms with E-state index in [4.69, 9.17) is 0 Å². The zero-order valence-electron chi connectivity index (χ0n) is 25.2. The highest BCUT2D eigenvalue weighted by molar-refractivity contribution is 6.09. The van der Waals surface area contributed by atoms with Gasteiger partial charge in [-0.25, -0.2) is 0 Å². The minimum Gasteiger partial charge on any atom is -0.313 e. The largest absolute Gasteiger partial charge is 0.313 e. The van der Waals surface area contributed by atoms with Gasteiger partial charge in [0.2, 0.25) is 0 Å². The van der Waals surface area contributed by atoms with Gasteiger partial charge in [0.1, 0.15) is 0 Å². The molecule has 0 amide bonds. The minimum atomic E-state index is 0.430. The lowest BCUT2D eigenvalue weighted by Gasteiger charge is -2.20. The Kier molecular flexibility index (Phi) is 5.62. The van der Waals surface area contributed by atoms with Crippen molar-refractivity contribution in [2.24, 2.45) is 5.92 Å². The van der Waals surface area contributed by atoms with Crippen LogP contribution in [0.5, 0.6) is 0 Å². The van der Waals surface area contributed by atoms with Crippen LogP contribution >= 0.6 is 0 Å². The second-order valence-corrected chi connectivity index (χ2v) is 12.7. The third-order valence-corrected chi connectivity index (χ3v) is 9.83. The minimum absolute atomic E-state index is 0.430. The van der Waals surface area contributed by atoms with E-state index in [1.54, 1.807) is 0 Å². The van der Waals surface area contributed by atoms with Gasteiger partial charge in [0.25, 0.3) is 0 Å². The summed E-state index contributed by atoms with van der Waals surface area (Å²) < 4.78 is 4.96. The highest BCUT2D eigenvalue weighted by atomic mass is 15.0. The predicted octanol–water partition coefficient (Wildman–Crippen LogP) is 11.1. The number of fused-ring (bicyclic) bond motifs is 7. The maximum atomic E-state index is 2.53. The third kappa shape index (κ3) is 3.80. The molecule has 0 saturated heterocycles. The van der Waals surface area contributed by atoms with Gasteiger partial charge in [-0.05, 0) is 83.5 Å². The van der Waals surface area contributed by atoms with Gasteiger partial charge in [0.15, 0.2) is 0 Å². The lowest BCUT2D eigenvalue weighted by Crippen LogP contribution is -2.07. The maximum Gasteiger partial charge on any atom is 0.0541 e. The molecule has 9 rings (SSSR count). The Morgan fingerprint density at radius 2 is 1.32 bits per heavy atom. The number of aromatic nitrogens is 2. The van der Waals surface area contributed by atoms with Crippen LogP contribution < -0.4 is 0 Å². The van der Waals surface area contributed by atoms with Gasteiger partial charge in [-0.2, -0.15) is 0 Å². The van der Waals surface area contributed by atoms with Crippen molar-refractivity contribution in [3.63, 3.8) is 0 Å². The molecular formula is C42H34N2. The summed E-state index contributed by atoms with van der Waals surface area (Å²) in [7, 11) is 0. The first-order valence-electron chi connectivity index (χ1n) is 15.9. The summed E-state index contributed by atoms with van der Waals surface area (Å²) in [5, 5.41) is 3.89. The van der Waals surface area contributed by atoms with Crippen molar-refractivity contribution in [3.05, 3.63) is 144 Å². The first-order valence-corrected chi connectivity index (χ1v) is 15.9. The van der Waals surface area contributed by atoms with Crippen LogP contribution in [0.15, 0.2) is 121 Å². The quantitative estimate of drug-likeness (QED) is 0.201. The number of nitrogens with zero attached hydrogens (tertiary/aromatic N) is 2. The molecule has 2 aromatic heterocycles. The van der Waals surface area contributed by atoms with E-state index in [1.165, 1.54) is 77.6 Å². The Morgan fingerprint density at radius 1 is 0.591 bits per heavy atom. The summed E-state index contributed by atoms with van der Waals surface area (Å²) in [4.78, 5) is 0. The van der Waals surface area contributed by atoms with Crippen LogP contribution in [-0.2, 0) is 6.42 Å². The van der Waals surface area contributed by atoms with E-state index >= 15 is 0 Å². The zero-order chi connectivity index (χ0) is 29.4. The van der Waals surface area contributed by atoms with Crippen molar-refractivity contribution < 1.29 is 0 Å². The normalized spacial score (nSPS) is 17.4. The van der Waals surface area contributed by atoms with Gasteiger partial charge in [-0.1, -0.05) is 105 Å². The first-order chi connectivity index (χ1) is 21.6. The van der Waals surface area contributed by atoms with E-state index in [0.717, 1.165) is 12.8 Å². The lowest BCUT2D eigenvalue weighted by molar-refractivity contribution is 0.717. The second-order valence-electron chi connectivity index (χ2n) is 12.7.